The van der Waals surface area contributed by atoms with E-state index in [9.17, 15) is 16.8 Å². The predicted molar refractivity (Wildman–Crippen MR) is 150 cm³/mol. The summed E-state index contributed by atoms with van der Waals surface area (Å²) in [5.41, 5.74) is 2.99. The molecule has 0 aromatic heterocycles. The number of ether oxygens (including phenoxy) is 1. The molecule has 6 rings (SSSR count). The van der Waals surface area contributed by atoms with Gasteiger partial charge < -0.3 is 8.92 Å². The summed E-state index contributed by atoms with van der Waals surface area (Å²) in [6.45, 7) is 0.942. The lowest BCUT2D eigenvalue weighted by Gasteiger charge is -2.36. The van der Waals surface area contributed by atoms with Crippen LogP contribution in [0.2, 0.25) is 0 Å². The molecular weight excluding hydrogens is 548 g/mol. The van der Waals surface area contributed by atoms with Crippen molar-refractivity contribution in [3.8, 4) is 11.5 Å². The van der Waals surface area contributed by atoms with Crippen LogP contribution in [0, 0.1) is 0 Å². The Balaban J connectivity index is 1.42. The zero-order valence-corrected chi connectivity index (χ0v) is 23.4. The molecule has 1 saturated heterocycles. The minimum atomic E-state index is -4.10. The van der Waals surface area contributed by atoms with Gasteiger partial charge in [0, 0.05) is 13.1 Å². The zero-order chi connectivity index (χ0) is 27.9. The van der Waals surface area contributed by atoms with E-state index in [0.717, 1.165) is 12.0 Å². The second-order valence-electron chi connectivity index (χ2n) is 9.72. The van der Waals surface area contributed by atoms with Crippen molar-refractivity contribution in [2.45, 2.75) is 28.4 Å². The highest BCUT2D eigenvalue weighted by molar-refractivity contribution is 7.89. The molecule has 40 heavy (non-hydrogen) atoms. The van der Waals surface area contributed by atoms with Crippen LogP contribution >= 0.6 is 0 Å². The van der Waals surface area contributed by atoms with Crippen molar-refractivity contribution in [3.63, 3.8) is 0 Å². The fourth-order valence-corrected chi connectivity index (χ4v) is 8.16. The highest BCUT2D eigenvalue weighted by Crippen LogP contribution is 2.47. The molecule has 0 radical (unpaired) electrons. The second kappa shape index (κ2) is 10.4. The van der Waals surface area contributed by atoms with Crippen LogP contribution < -0.4 is 8.92 Å². The molecular formula is C30H28N2O6S2. The van der Waals surface area contributed by atoms with Gasteiger partial charge in [-0.1, -0.05) is 66.7 Å². The van der Waals surface area contributed by atoms with Crippen molar-refractivity contribution in [2.75, 3.05) is 20.2 Å². The average molecular weight is 577 g/mol. The summed E-state index contributed by atoms with van der Waals surface area (Å²) >= 11 is 0. The Hall–Kier alpha value is -3.70. The van der Waals surface area contributed by atoms with E-state index in [2.05, 4.69) is 17.0 Å². The van der Waals surface area contributed by atoms with Crippen molar-refractivity contribution in [3.05, 3.63) is 120 Å². The van der Waals surface area contributed by atoms with E-state index >= 15 is 0 Å². The number of benzene rings is 4. The van der Waals surface area contributed by atoms with Gasteiger partial charge in [0.1, 0.15) is 11.1 Å². The third kappa shape index (κ3) is 4.66. The average Bonchev–Trinajstić information content (AvgIpc) is 3.39. The molecule has 4 aromatic carbocycles. The van der Waals surface area contributed by atoms with Crippen LogP contribution in [0.15, 0.2) is 113 Å². The van der Waals surface area contributed by atoms with Gasteiger partial charge in [0.15, 0.2) is 11.5 Å². The van der Waals surface area contributed by atoms with Gasteiger partial charge in [-0.05, 0) is 59.5 Å². The molecule has 0 spiro atoms. The molecule has 2 heterocycles. The lowest BCUT2D eigenvalue weighted by Crippen LogP contribution is -2.37. The van der Waals surface area contributed by atoms with Crippen LogP contribution in [0.3, 0.4) is 0 Å². The third-order valence-corrected chi connectivity index (χ3v) is 10.5. The number of sulfonamides is 1. The maximum Gasteiger partial charge on any atom is 0.339 e. The first-order valence-electron chi connectivity index (χ1n) is 12.9. The number of fused-ring (bicyclic) bond motifs is 3. The highest BCUT2D eigenvalue weighted by atomic mass is 32.2. The molecule has 206 valence electrons. The van der Waals surface area contributed by atoms with E-state index in [1.165, 1.54) is 35.2 Å². The Labute approximate surface area is 234 Å². The van der Waals surface area contributed by atoms with Crippen molar-refractivity contribution >= 4 is 20.1 Å². The molecule has 10 heteroatoms. The molecule has 0 N–H and O–H groups in total. The van der Waals surface area contributed by atoms with E-state index < -0.39 is 26.3 Å². The Morgan fingerprint density at radius 3 is 2.10 bits per heavy atom. The molecule has 2 aliphatic heterocycles. The monoisotopic (exact) mass is 576 g/mol. The Morgan fingerprint density at radius 1 is 0.750 bits per heavy atom. The van der Waals surface area contributed by atoms with Gasteiger partial charge in [0.05, 0.1) is 18.0 Å². The first-order valence-corrected chi connectivity index (χ1v) is 15.7. The van der Waals surface area contributed by atoms with E-state index in [4.69, 9.17) is 8.92 Å². The van der Waals surface area contributed by atoms with Crippen LogP contribution in [0.1, 0.15) is 28.9 Å². The first-order chi connectivity index (χ1) is 19.3. The normalized spacial score (nSPS) is 19.5. The zero-order valence-electron chi connectivity index (χ0n) is 21.8. The maximum atomic E-state index is 14.0. The minimum Gasteiger partial charge on any atom is -0.493 e. The van der Waals surface area contributed by atoms with Gasteiger partial charge in [0.25, 0.3) is 0 Å². The van der Waals surface area contributed by atoms with E-state index in [-0.39, 0.29) is 33.9 Å². The lowest BCUT2D eigenvalue weighted by molar-refractivity contribution is 0.154. The molecule has 2 atom stereocenters. The van der Waals surface area contributed by atoms with Crippen molar-refractivity contribution in [1.82, 2.24) is 9.21 Å². The van der Waals surface area contributed by atoms with Crippen LogP contribution in [-0.2, 0) is 26.6 Å². The summed E-state index contributed by atoms with van der Waals surface area (Å²) in [5.74, 6) is 0.209. The summed E-state index contributed by atoms with van der Waals surface area (Å²) in [4.78, 5) is 2.43. The van der Waals surface area contributed by atoms with Gasteiger partial charge in [-0.15, -0.1) is 0 Å². The van der Waals surface area contributed by atoms with Gasteiger partial charge in [-0.25, -0.2) is 8.42 Å². The van der Waals surface area contributed by atoms with Gasteiger partial charge >= 0.3 is 10.1 Å². The Morgan fingerprint density at radius 2 is 1.40 bits per heavy atom. The van der Waals surface area contributed by atoms with Crippen molar-refractivity contribution in [2.24, 2.45) is 0 Å². The highest BCUT2D eigenvalue weighted by Gasteiger charge is 2.48. The summed E-state index contributed by atoms with van der Waals surface area (Å²) in [5, 5.41) is 0. The first kappa shape index (κ1) is 26.5. The molecule has 2 aliphatic rings. The van der Waals surface area contributed by atoms with Crippen LogP contribution in [-0.4, -0.2) is 46.2 Å². The molecule has 0 bridgehead atoms. The maximum absolute atomic E-state index is 14.0. The van der Waals surface area contributed by atoms with Crippen LogP contribution in [0.5, 0.6) is 11.5 Å². The quantitative estimate of drug-likeness (QED) is 0.293. The Bertz CT molecular complexity index is 1750. The molecule has 1 fully saturated rings. The lowest BCUT2D eigenvalue weighted by atomic mass is 9.93. The van der Waals surface area contributed by atoms with E-state index in [0.29, 0.717) is 12.1 Å². The molecule has 0 amide bonds. The molecule has 0 unspecified atom stereocenters. The van der Waals surface area contributed by atoms with E-state index in [1.54, 1.807) is 60.7 Å². The fraction of sp³-hybridized carbons (Fsp3) is 0.200. The fourth-order valence-electron chi connectivity index (χ4n) is 5.58. The standard InChI is InChI=1S/C30H28N2O6S2/c1-37-29-20-23(16-17-28(29)38-40(35,36)25-13-6-3-7-14-25)30-31-19-18-22-10-8-9-15-26(22)27(31)21-32(30)39(33,34)24-11-4-2-5-12-24/h2-17,20,27,30H,18-19,21H2,1H3/t27-,30+/m1/s1. The number of methoxy groups -OCH3 is 1. The van der Waals surface area contributed by atoms with E-state index in [1.807, 2.05) is 12.1 Å². The Kier molecular flexibility index (Phi) is 6.87. The van der Waals surface area contributed by atoms with Gasteiger partial charge in [-0.3, -0.25) is 4.90 Å². The number of nitrogens with zero attached hydrogens (tertiary/aromatic N) is 2. The second-order valence-corrected chi connectivity index (χ2v) is 13.2. The van der Waals surface area contributed by atoms with Crippen molar-refractivity contribution < 1.29 is 25.8 Å². The minimum absolute atomic E-state index is 0.0195. The predicted octanol–water partition coefficient (Wildman–Crippen LogP) is 4.77. The van der Waals surface area contributed by atoms with Crippen LogP contribution in [0.4, 0.5) is 0 Å². The number of hydrogen-bond donors (Lipinski definition) is 0. The van der Waals surface area contributed by atoms with Crippen molar-refractivity contribution in [1.29, 1.82) is 0 Å². The summed E-state index contributed by atoms with van der Waals surface area (Å²) < 4.78 is 66.3. The van der Waals surface area contributed by atoms with Gasteiger partial charge in [-0.2, -0.15) is 12.7 Å². The topological polar surface area (TPSA) is 93.2 Å². The smallest absolute Gasteiger partial charge is 0.339 e. The molecule has 4 aromatic rings. The molecule has 0 saturated carbocycles. The summed E-state index contributed by atoms with van der Waals surface area (Å²) in [6.07, 6.45) is 0.160. The third-order valence-electron chi connectivity index (χ3n) is 7.46. The summed E-state index contributed by atoms with van der Waals surface area (Å²) in [7, 11) is -6.54. The largest absolute Gasteiger partial charge is 0.493 e. The molecule has 0 aliphatic carbocycles. The van der Waals surface area contributed by atoms with Crippen LogP contribution in [0.25, 0.3) is 0 Å². The molecule has 8 nitrogen and oxygen atoms in total. The SMILES string of the molecule is COc1cc([C@H]2N3CCc4ccccc4[C@H]3CN2S(=O)(=O)c2ccccc2)ccc1OS(=O)(=O)c1ccccc1. The van der Waals surface area contributed by atoms with Gasteiger partial charge in [0.2, 0.25) is 10.0 Å². The number of rotatable bonds is 7. The number of hydrogen-bond acceptors (Lipinski definition) is 7. The summed E-state index contributed by atoms with van der Waals surface area (Å²) in [6, 6.07) is 29.2.